The van der Waals surface area contributed by atoms with E-state index in [2.05, 4.69) is 41.4 Å². The third kappa shape index (κ3) is 3.94. The molecule has 0 radical (unpaired) electrons. The quantitative estimate of drug-likeness (QED) is 0.351. The van der Waals surface area contributed by atoms with Crippen LogP contribution in [0.2, 0.25) is 0 Å². The third-order valence-corrected chi connectivity index (χ3v) is 5.23. The molecule has 0 aromatic heterocycles. The van der Waals surface area contributed by atoms with Crippen LogP contribution < -0.4 is 16.8 Å². The van der Waals surface area contributed by atoms with Gasteiger partial charge in [-0.15, -0.1) is 0 Å². The zero-order valence-electron chi connectivity index (χ0n) is 16.5. The van der Waals surface area contributed by atoms with Crippen LogP contribution in [0.5, 0.6) is 0 Å². The van der Waals surface area contributed by atoms with Crippen LogP contribution in [-0.2, 0) is 4.74 Å². The first-order valence-electron chi connectivity index (χ1n) is 9.87. The lowest BCUT2D eigenvalue weighted by Gasteiger charge is -2.14. The molecular weight excluding hydrogens is 374 g/mol. The van der Waals surface area contributed by atoms with Crippen LogP contribution in [0.1, 0.15) is 29.0 Å². The summed E-state index contributed by atoms with van der Waals surface area (Å²) in [6.07, 6.45) is 0.0421. The Bertz CT molecular complexity index is 1100. The summed E-state index contributed by atoms with van der Waals surface area (Å²) >= 11 is 0. The molecule has 5 nitrogen and oxygen atoms in total. The van der Waals surface area contributed by atoms with Crippen LogP contribution in [0.15, 0.2) is 66.7 Å². The number of rotatable bonds is 4. The van der Waals surface area contributed by atoms with Crippen LogP contribution in [0, 0.1) is 11.8 Å². The number of amides is 1. The van der Waals surface area contributed by atoms with Gasteiger partial charge in [0.15, 0.2) is 0 Å². The number of ether oxygens (including phenoxy) is 1. The molecule has 0 bridgehead atoms. The summed E-state index contributed by atoms with van der Waals surface area (Å²) in [6.45, 7) is 0.692. The van der Waals surface area contributed by atoms with Crippen molar-refractivity contribution in [2.24, 2.45) is 0 Å². The Morgan fingerprint density at radius 2 is 1.60 bits per heavy atom. The van der Waals surface area contributed by atoms with E-state index in [0.29, 0.717) is 36.5 Å². The molecule has 30 heavy (non-hydrogen) atoms. The topological polar surface area (TPSA) is 90.4 Å². The summed E-state index contributed by atoms with van der Waals surface area (Å²) in [4.78, 5) is 12.1. The number of hydrogen-bond donors (Lipinski definition) is 3. The van der Waals surface area contributed by atoms with Gasteiger partial charge in [-0.25, -0.2) is 4.79 Å². The highest BCUT2D eigenvalue weighted by Gasteiger charge is 2.28. The molecule has 5 heteroatoms. The van der Waals surface area contributed by atoms with Crippen molar-refractivity contribution in [2.45, 2.75) is 12.3 Å². The summed E-state index contributed by atoms with van der Waals surface area (Å²) in [6, 6.07) is 21.9. The molecular formula is C25H23N3O2. The van der Waals surface area contributed by atoms with E-state index in [4.69, 9.17) is 16.2 Å². The minimum absolute atomic E-state index is 0.0504. The predicted octanol–water partition coefficient (Wildman–Crippen LogP) is 4.13. The van der Waals surface area contributed by atoms with Gasteiger partial charge in [-0.3, -0.25) is 0 Å². The summed E-state index contributed by atoms with van der Waals surface area (Å²) in [5.41, 5.74) is 18.1. The molecule has 0 fully saturated rings. The SMILES string of the molecule is Nc1cccc(C#CCCNC(=O)OCC2c3ccccc3-c3ccccc32)c1N. The average Bonchev–Trinajstić information content (AvgIpc) is 3.09. The number of nitrogens with one attached hydrogen (secondary N) is 1. The van der Waals surface area contributed by atoms with Crippen molar-refractivity contribution in [3.05, 3.63) is 83.4 Å². The van der Waals surface area contributed by atoms with E-state index in [-0.39, 0.29) is 5.92 Å². The van der Waals surface area contributed by atoms with Crippen molar-refractivity contribution < 1.29 is 9.53 Å². The Morgan fingerprint density at radius 1 is 0.933 bits per heavy atom. The number of alkyl carbamates (subject to hydrolysis) is 1. The normalized spacial score (nSPS) is 11.7. The summed E-state index contributed by atoms with van der Waals surface area (Å²) in [5, 5.41) is 2.75. The molecule has 4 rings (SSSR count). The number of nitrogen functional groups attached to an aromatic ring is 2. The van der Waals surface area contributed by atoms with Crippen molar-refractivity contribution in [1.29, 1.82) is 0 Å². The van der Waals surface area contributed by atoms with E-state index in [1.54, 1.807) is 6.07 Å². The van der Waals surface area contributed by atoms with Gasteiger partial charge in [0.2, 0.25) is 0 Å². The molecule has 1 aliphatic rings. The van der Waals surface area contributed by atoms with Gasteiger partial charge in [-0.1, -0.05) is 66.4 Å². The maximum atomic E-state index is 12.1. The van der Waals surface area contributed by atoms with Gasteiger partial charge in [0.25, 0.3) is 0 Å². The Balaban J connectivity index is 1.30. The molecule has 0 aliphatic heterocycles. The fourth-order valence-corrected chi connectivity index (χ4v) is 3.73. The minimum atomic E-state index is -0.442. The largest absolute Gasteiger partial charge is 0.449 e. The van der Waals surface area contributed by atoms with Gasteiger partial charge in [0, 0.05) is 24.4 Å². The van der Waals surface area contributed by atoms with E-state index in [1.807, 2.05) is 36.4 Å². The number of para-hydroxylation sites is 1. The number of hydrogen-bond acceptors (Lipinski definition) is 4. The molecule has 1 aliphatic carbocycles. The second-order valence-corrected chi connectivity index (χ2v) is 7.11. The lowest BCUT2D eigenvalue weighted by Crippen LogP contribution is -2.26. The monoisotopic (exact) mass is 397 g/mol. The Kier molecular flexibility index (Phi) is 5.58. The van der Waals surface area contributed by atoms with Gasteiger partial charge >= 0.3 is 6.09 Å². The van der Waals surface area contributed by atoms with E-state index in [1.165, 1.54) is 22.3 Å². The van der Waals surface area contributed by atoms with Crippen LogP contribution >= 0.6 is 0 Å². The van der Waals surface area contributed by atoms with Gasteiger partial charge in [-0.2, -0.15) is 0 Å². The molecule has 0 spiro atoms. The average molecular weight is 397 g/mol. The highest BCUT2D eigenvalue weighted by atomic mass is 16.5. The molecule has 1 amide bonds. The van der Waals surface area contributed by atoms with Crippen molar-refractivity contribution >= 4 is 17.5 Å². The fourth-order valence-electron chi connectivity index (χ4n) is 3.73. The standard InChI is InChI=1S/C25H23N3O2/c26-23-14-7-9-17(24(23)27)8-5-6-15-28-25(29)30-16-22-20-12-3-1-10-18(20)19-11-2-4-13-21(19)22/h1-4,7,9-14,22H,6,15-16,26-27H2,(H,28,29). The molecule has 0 heterocycles. The van der Waals surface area contributed by atoms with Crippen molar-refractivity contribution in [1.82, 2.24) is 5.32 Å². The second kappa shape index (κ2) is 8.62. The molecule has 0 atom stereocenters. The molecule has 3 aromatic carbocycles. The molecule has 3 aromatic rings. The van der Waals surface area contributed by atoms with Gasteiger partial charge in [-0.05, 0) is 34.4 Å². The zero-order chi connectivity index (χ0) is 20.9. The first kappa shape index (κ1) is 19.4. The predicted molar refractivity (Wildman–Crippen MR) is 120 cm³/mol. The summed E-state index contributed by atoms with van der Waals surface area (Å²) < 4.78 is 5.50. The van der Waals surface area contributed by atoms with Crippen molar-refractivity contribution in [3.8, 4) is 23.0 Å². The maximum absolute atomic E-state index is 12.1. The zero-order valence-corrected chi connectivity index (χ0v) is 16.5. The maximum Gasteiger partial charge on any atom is 0.407 e. The number of fused-ring (bicyclic) bond motifs is 3. The van der Waals surface area contributed by atoms with Gasteiger partial charge in [0.05, 0.1) is 11.4 Å². The van der Waals surface area contributed by atoms with Crippen LogP contribution in [0.3, 0.4) is 0 Å². The Morgan fingerprint density at radius 3 is 2.30 bits per heavy atom. The number of nitrogens with two attached hydrogens (primary N) is 2. The number of benzene rings is 3. The number of carbonyl (C=O) groups is 1. The molecule has 5 N–H and O–H groups in total. The third-order valence-electron chi connectivity index (χ3n) is 5.23. The molecule has 0 saturated carbocycles. The first-order valence-corrected chi connectivity index (χ1v) is 9.87. The highest BCUT2D eigenvalue weighted by Crippen LogP contribution is 2.44. The Labute approximate surface area is 176 Å². The summed E-state index contributed by atoms with van der Waals surface area (Å²) in [7, 11) is 0. The Hall–Kier alpha value is -3.91. The van der Waals surface area contributed by atoms with Crippen LogP contribution in [0.25, 0.3) is 11.1 Å². The second-order valence-electron chi connectivity index (χ2n) is 7.11. The van der Waals surface area contributed by atoms with E-state index in [9.17, 15) is 4.79 Å². The number of anilines is 2. The van der Waals surface area contributed by atoms with Gasteiger partial charge < -0.3 is 21.5 Å². The minimum Gasteiger partial charge on any atom is -0.449 e. The van der Waals surface area contributed by atoms with Crippen molar-refractivity contribution in [3.63, 3.8) is 0 Å². The van der Waals surface area contributed by atoms with Crippen LogP contribution in [0.4, 0.5) is 16.2 Å². The van der Waals surface area contributed by atoms with E-state index < -0.39 is 6.09 Å². The summed E-state index contributed by atoms with van der Waals surface area (Å²) in [5.74, 6) is 6.02. The highest BCUT2D eigenvalue weighted by molar-refractivity contribution is 5.79. The fraction of sp³-hybridized carbons (Fsp3) is 0.160. The van der Waals surface area contributed by atoms with Gasteiger partial charge in [0.1, 0.15) is 6.61 Å². The first-order chi connectivity index (χ1) is 14.6. The molecule has 0 unspecified atom stereocenters. The number of carbonyl (C=O) groups excluding carboxylic acids is 1. The lowest BCUT2D eigenvalue weighted by molar-refractivity contribution is 0.143. The molecule has 150 valence electrons. The molecule has 0 saturated heterocycles. The van der Waals surface area contributed by atoms with E-state index >= 15 is 0 Å². The van der Waals surface area contributed by atoms with E-state index in [0.717, 1.165) is 0 Å². The smallest absolute Gasteiger partial charge is 0.407 e. The van der Waals surface area contributed by atoms with Crippen molar-refractivity contribution in [2.75, 3.05) is 24.6 Å². The lowest BCUT2D eigenvalue weighted by atomic mass is 9.98. The van der Waals surface area contributed by atoms with Crippen LogP contribution in [-0.4, -0.2) is 19.2 Å².